The maximum atomic E-state index is 12.9. The van der Waals surface area contributed by atoms with E-state index in [9.17, 15) is 9.18 Å². The molecule has 1 aromatic carbocycles. The van der Waals surface area contributed by atoms with E-state index >= 15 is 0 Å². The molecule has 2 rings (SSSR count). The molecular weight excluding hydrogens is 213 g/mol. The van der Waals surface area contributed by atoms with Crippen LogP contribution in [0, 0.1) is 5.82 Å². The van der Waals surface area contributed by atoms with Crippen molar-refractivity contribution in [1.82, 2.24) is 0 Å². The molecule has 2 N–H and O–H groups in total. The Morgan fingerprint density at radius 3 is 2.80 bits per heavy atom. The standard InChI is InChI=1S/C11H8FNOS/c12-8-1-2-10(13)9(5-8)11(14)7-3-4-15-6-7/h1-6H,13H2. The van der Waals surface area contributed by atoms with Crippen molar-refractivity contribution in [3.8, 4) is 0 Å². The van der Waals surface area contributed by atoms with Crippen molar-refractivity contribution in [2.75, 3.05) is 5.73 Å². The van der Waals surface area contributed by atoms with Crippen molar-refractivity contribution in [2.24, 2.45) is 0 Å². The van der Waals surface area contributed by atoms with Crippen molar-refractivity contribution in [1.29, 1.82) is 0 Å². The number of hydrogen-bond donors (Lipinski definition) is 1. The first-order valence-electron chi connectivity index (χ1n) is 4.30. The van der Waals surface area contributed by atoms with Gasteiger partial charge < -0.3 is 5.73 Å². The first-order chi connectivity index (χ1) is 7.18. The monoisotopic (exact) mass is 221 g/mol. The van der Waals surface area contributed by atoms with Crippen LogP contribution in [0.25, 0.3) is 0 Å². The quantitative estimate of drug-likeness (QED) is 0.626. The molecule has 0 atom stereocenters. The molecule has 1 aromatic heterocycles. The molecule has 0 amide bonds. The highest BCUT2D eigenvalue weighted by molar-refractivity contribution is 7.08. The van der Waals surface area contributed by atoms with Crippen LogP contribution in [-0.2, 0) is 0 Å². The van der Waals surface area contributed by atoms with E-state index in [1.807, 2.05) is 0 Å². The fraction of sp³-hybridized carbons (Fsp3) is 0. The third kappa shape index (κ3) is 1.89. The number of hydrogen-bond acceptors (Lipinski definition) is 3. The number of halogens is 1. The van der Waals surface area contributed by atoms with Gasteiger partial charge in [0.1, 0.15) is 5.82 Å². The minimum absolute atomic E-state index is 0.216. The second kappa shape index (κ2) is 3.82. The Kier molecular flexibility index (Phi) is 2.51. The summed E-state index contributed by atoms with van der Waals surface area (Å²) in [5, 5.41) is 3.51. The average molecular weight is 221 g/mol. The maximum Gasteiger partial charge on any atom is 0.196 e. The van der Waals surface area contributed by atoms with Crippen LogP contribution >= 0.6 is 11.3 Å². The first-order valence-corrected chi connectivity index (χ1v) is 5.24. The van der Waals surface area contributed by atoms with E-state index in [4.69, 9.17) is 5.73 Å². The summed E-state index contributed by atoms with van der Waals surface area (Å²) in [6.45, 7) is 0. The second-order valence-corrected chi connectivity index (χ2v) is 3.85. The van der Waals surface area contributed by atoms with Crippen molar-refractivity contribution < 1.29 is 9.18 Å². The van der Waals surface area contributed by atoms with E-state index in [2.05, 4.69) is 0 Å². The highest BCUT2D eigenvalue weighted by atomic mass is 32.1. The zero-order valence-electron chi connectivity index (χ0n) is 7.74. The zero-order valence-corrected chi connectivity index (χ0v) is 8.55. The molecule has 0 fully saturated rings. The lowest BCUT2D eigenvalue weighted by Gasteiger charge is -2.02. The molecule has 0 saturated carbocycles. The zero-order chi connectivity index (χ0) is 10.8. The van der Waals surface area contributed by atoms with E-state index in [-0.39, 0.29) is 11.3 Å². The highest BCUT2D eigenvalue weighted by Gasteiger charge is 2.13. The van der Waals surface area contributed by atoms with Crippen LogP contribution in [-0.4, -0.2) is 5.78 Å². The van der Waals surface area contributed by atoms with E-state index in [0.29, 0.717) is 11.3 Å². The number of nitrogen functional groups attached to an aromatic ring is 1. The first kappa shape index (κ1) is 9.86. The van der Waals surface area contributed by atoms with Crippen LogP contribution in [0.3, 0.4) is 0 Å². The molecule has 76 valence electrons. The molecule has 0 unspecified atom stereocenters. The fourth-order valence-corrected chi connectivity index (χ4v) is 1.91. The van der Waals surface area contributed by atoms with Gasteiger partial charge in [-0.3, -0.25) is 4.79 Å². The third-order valence-corrected chi connectivity index (χ3v) is 2.73. The maximum absolute atomic E-state index is 12.9. The van der Waals surface area contributed by atoms with Gasteiger partial charge in [-0.25, -0.2) is 4.39 Å². The molecule has 0 aliphatic carbocycles. The van der Waals surface area contributed by atoms with E-state index in [1.54, 1.807) is 16.8 Å². The average Bonchev–Trinajstić information content (AvgIpc) is 2.74. The molecule has 0 bridgehead atoms. The Bertz CT molecular complexity index is 493. The number of ketones is 1. The van der Waals surface area contributed by atoms with Gasteiger partial charge in [0, 0.05) is 22.2 Å². The van der Waals surface area contributed by atoms with Crippen LogP contribution in [0.5, 0.6) is 0 Å². The number of carbonyl (C=O) groups excluding carboxylic acids is 1. The molecule has 0 saturated heterocycles. The van der Waals surface area contributed by atoms with Crippen molar-refractivity contribution in [3.63, 3.8) is 0 Å². The predicted octanol–water partition coefficient (Wildman–Crippen LogP) is 2.70. The SMILES string of the molecule is Nc1ccc(F)cc1C(=O)c1ccsc1. The summed E-state index contributed by atoms with van der Waals surface area (Å²) < 4.78 is 12.9. The Labute approximate surface area is 90.2 Å². The summed E-state index contributed by atoms with van der Waals surface area (Å²) >= 11 is 1.42. The number of anilines is 1. The smallest absolute Gasteiger partial charge is 0.196 e. The lowest BCUT2D eigenvalue weighted by Crippen LogP contribution is -2.04. The van der Waals surface area contributed by atoms with Gasteiger partial charge in [0.05, 0.1) is 0 Å². The topological polar surface area (TPSA) is 43.1 Å². The van der Waals surface area contributed by atoms with Crippen LogP contribution in [0.4, 0.5) is 10.1 Å². The van der Waals surface area contributed by atoms with Gasteiger partial charge >= 0.3 is 0 Å². The fourth-order valence-electron chi connectivity index (χ4n) is 1.27. The molecule has 0 aliphatic heterocycles. The predicted molar refractivity (Wildman–Crippen MR) is 58.6 cm³/mol. The lowest BCUT2D eigenvalue weighted by atomic mass is 10.0. The van der Waals surface area contributed by atoms with Gasteiger partial charge in [-0.2, -0.15) is 11.3 Å². The van der Waals surface area contributed by atoms with Gasteiger partial charge in [-0.1, -0.05) is 0 Å². The van der Waals surface area contributed by atoms with Crippen LogP contribution in [0.15, 0.2) is 35.0 Å². The number of thiophene rings is 1. The molecule has 1 heterocycles. The Morgan fingerprint density at radius 1 is 1.33 bits per heavy atom. The van der Waals surface area contributed by atoms with Crippen LogP contribution in [0.1, 0.15) is 15.9 Å². The number of nitrogens with two attached hydrogens (primary N) is 1. The van der Waals surface area contributed by atoms with Crippen molar-refractivity contribution in [2.45, 2.75) is 0 Å². The summed E-state index contributed by atoms with van der Waals surface area (Å²) in [5.74, 6) is -0.698. The van der Waals surface area contributed by atoms with Crippen molar-refractivity contribution in [3.05, 3.63) is 52.0 Å². The van der Waals surface area contributed by atoms with Crippen molar-refractivity contribution >= 4 is 22.8 Å². The summed E-state index contributed by atoms with van der Waals surface area (Å²) in [7, 11) is 0. The number of rotatable bonds is 2. The Hall–Kier alpha value is -1.68. The molecule has 0 aliphatic rings. The number of benzene rings is 1. The Balaban J connectivity index is 2.46. The van der Waals surface area contributed by atoms with Crippen LogP contribution < -0.4 is 5.73 Å². The summed E-state index contributed by atoms with van der Waals surface area (Å²) in [6.07, 6.45) is 0. The van der Waals surface area contributed by atoms with Gasteiger partial charge in [-0.15, -0.1) is 0 Å². The molecule has 2 aromatic rings. The van der Waals surface area contributed by atoms with E-state index < -0.39 is 5.82 Å². The molecule has 2 nitrogen and oxygen atoms in total. The summed E-state index contributed by atoms with van der Waals surface area (Å²) in [6, 6.07) is 5.49. The molecular formula is C11H8FNOS. The van der Waals surface area contributed by atoms with E-state index in [1.165, 1.54) is 23.5 Å². The molecule has 0 spiro atoms. The van der Waals surface area contributed by atoms with Gasteiger partial charge in [0.15, 0.2) is 5.78 Å². The third-order valence-electron chi connectivity index (χ3n) is 2.04. The minimum Gasteiger partial charge on any atom is -0.398 e. The van der Waals surface area contributed by atoms with Gasteiger partial charge in [0.2, 0.25) is 0 Å². The lowest BCUT2D eigenvalue weighted by molar-refractivity contribution is 0.103. The van der Waals surface area contributed by atoms with E-state index in [0.717, 1.165) is 6.07 Å². The highest BCUT2D eigenvalue weighted by Crippen LogP contribution is 2.19. The minimum atomic E-state index is -0.456. The molecule has 15 heavy (non-hydrogen) atoms. The summed E-state index contributed by atoms with van der Waals surface area (Å²) in [4.78, 5) is 11.8. The van der Waals surface area contributed by atoms with Gasteiger partial charge in [0.25, 0.3) is 0 Å². The normalized spacial score (nSPS) is 10.2. The second-order valence-electron chi connectivity index (χ2n) is 3.07. The summed E-state index contributed by atoms with van der Waals surface area (Å²) in [5.41, 5.74) is 6.67. The van der Waals surface area contributed by atoms with Crippen LogP contribution in [0.2, 0.25) is 0 Å². The molecule has 4 heteroatoms. The number of carbonyl (C=O) groups is 1. The molecule has 0 radical (unpaired) electrons. The largest absolute Gasteiger partial charge is 0.398 e. The van der Waals surface area contributed by atoms with Gasteiger partial charge in [-0.05, 0) is 29.6 Å². The Morgan fingerprint density at radius 2 is 2.13 bits per heavy atom.